The van der Waals surface area contributed by atoms with Crippen LogP contribution in [0, 0.1) is 11.8 Å². The average molecular weight is 303 g/mol. The summed E-state index contributed by atoms with van der Waals surface area (Å²) in [5.74, 6) is -2.50. The summed E-state index contributed by atoms with van der Waals surface area (Å²) in [5.41, 5.74) is 1.93. The molecule has 22 heavy (non-hydrogen) atoms. The summed E-state index contributed by atoms with van der Waals surface area (Å²) >= 11 is 0. The average Bonchev–Trinajstić information content (AvgIpc) is 3.10. The number of amides is 1. The monoisotopic (exact) mass is 303 g/mol. The lowest BCUT2D eigenvalue weighted by Crippen LogP contribution is -2.40. The Hall–Kier alpha value is -1.88. The van der Waals surface area contributed by atoms with Gasteiger partial charge in [0.05, 0.1) is 24.0 Å². The molecular formula is C17H21NO4. The number of nitrogens with one attached hydrogen (secondary N) is 1. The molecule has 2 bridgehead atoms. The van der Waals surface area contributed by atoms with Gasteiger partial charge in [0.15, 0.2) is 0 Å². The van der Waals surface area contributed by atoms with E-state index in [1.807, 2.05) is 24.3 Å². The maximum Gasteiger partial charge on any atom is 0.310 e. The first-order valence-electron chi connectivity index (χ1n) is 7.88. The van der Waals surface area contributed by atoms with E-state index in [0.717, 1.165) is 25.7 Å². The Bertz CT molecular complexity index is 569. The molecule has 2 N–H and O–H groups in total. The summed E-state index contributed by atoms with van der Waals surface area (Å²) in [7, 11) is 0. The lowest BCUT2D eigenvalue weighted by molar-refractivity contribution is -0.147. The number of carbonyl (C=O) groups excluding carboxylic acids is 1. The SMILES string of the molecule is CCCc1ccc(NC(=O)[C@H]2[C@@H](C(=O)O)[C@H]3CC[C@H]2O3)cc1. The molecule has 1 aromatic rings. The van der Waals surface area contributed by atoms with E-state index in [-0.39, 0.29) is 18.1 Å². The molecular weight excluding hydrogens is 282 g/mol. The highest BCUT2D eigenvalue weighted by atomic mass is 16.5. The summed E-state index contributed by atoms with van der Waals surface area (Å²) in [6.45, 7) is 2.12. The third-order valence-electron chi connectivity index (χ3n) is 4.62. The quantitative estimate of drug-likeness (QED) is 0.876. The Labute approximate surface area is 129 Å². The van der Waals surface area contributed by atoms with Crippen molar-refractivity contribution in [2.24, 2.45) is 11.8 Å². The van der Waals surface area contributed by atoms with Gasteiger partial charge in [-0.1, -0.05) is 25.5 Å². The molecule has 5 nitrogen and oxygen atoms in total. The second-order valence-corrected chi connectivity index (χ2v) is 6.12. The molecule has 0 aromatic heterocycles. The van der Waals surface area contributed by atoms with Gasteiger partial charge in [0.2, 0.25) is 5.91 Å². The third kappa shape index (κ3) is 2.73. The van der Waals surface area contributed by atoms with Crippen LogP contribution in [0.1, 0.15) is 31.7 Å². The fourth-order valence-corrected chi connectivity index (χ4v) is 3.59. The van der Waals surface area contributed by atoms with Crippen molar-refractivity contribution in [2.75, 3.05) is 5.32 Å². The van der Waals surface area contributed by atoms with Gasteiger partial charge in [-0.25, -0.2) is 0 Å². The predicted octanol–water partition coefficient (Wildman–Crippen LogP) is 2.46. The molecule has 5 heteroatoms. The normalized spacial score (nSPS) is 29.5. The molecule has 0 saturated carbocycles. The Kier molecular flexibility index (Phi) is 4.16. The van der Waals surface area contributed by atoms with Gasteiger partial charge < -0.3 is 15.2 Å². The number of fused-ring (bicyclic) bond motifs is 2. The predicted molar refractivity (Wildman–Crippen MR) is 81.6 cm³/mol. The summed E-state index contributed by atoms with van der Waals surface area (Å²) in [6.07, 6.45) is 3.01. The molecule has 0 spiro atoms. The number of carboxylic acid groups (broad SMARTS) is 1. The largest absolute Gasteiger partial charge is 0.481 e. The van der Waals surface area contributed by atoms with E-state index in [9.17, 15) is 14.7 Å². The van der Waals surface area contributed by atoms with Gasteiger partial charge in [-0.3, -0.25) is 9.59 Å². The van der Waals surface area contributed by atoms with Gasteiger partial charge in [0.1, 0.15) is 0 Å². The highest BCUT2D eigenvalue weighted by molar-refractivity contribution is 5.96. The lowest BCUT2D eigenvalue weighted by Gasteiger charge is -2.23. The topological polar surface area (TPSA) is 75.6 Å². The standard InChI is InChI=1S/C17H21NO4/c1-2-3-10-4-6-11(7-5-10)18-16(19)14-12-8-9-13(22-12)15(14)17(20)21/h4-7,12-15H,2-3,8-9H2,1H3,(H,18,19)(H,20,21)/t12-,13-,14-,15+/m1/s1. The number of ether oxygens (including phenoxy) is 1. The van der Waals surface area contributed by atoms with Crippen LogP contribution in [-0.2, 0) is 20.7 Å². The minimum atomic E-state index is -0.939. The molecule has 4 atom stereocenters. The van der Waals surface area contributed by atoms with E-state index >= 15 is 0 Å². The molecule has 0 aliphatic carbocycles. The van der Waals surface area contributed by atoms with Crippen molar-refractivity contribution in [3.8, 4) is 0 Å². The Morgan fingerprint density at radius 3 is 2.41 bits per heavy atom. The van der Waals surface area contributed by atoms with E-state index in [2.05, 4.69) is 12.2 Å². The second-order valence-electron chi connectivity index (χ2n) is 6.12. The number of rotatable bonds is 5. The zero-order chi connectivity index (χ0) is 15.7. The van der Waals surface area contributed by atoms with Crippen molar-refractivity contribution < 1.29 is 19.4 Å². The lowest BCUT2D eigenvalue weighted by atomic mass is 9.78. The summed E-state index contributed by atoms with van der Waals surface area (Å²) in [6, 6.07) is 7.72. The van der Waals surface area contributed by atoms with Crippen molar-refractivity contribution >= 4 is 17.6 Å². The van der Waals surface area contributed by atoms with Gasteiger partial charge in [-0.15, -0.1) is 0 Å². The molecule has 2 aliphatic heterocycles. The third-order valence-corrected chi connectivity index (χ3v) is 4.62. The maximum absolute atomic E-state index is 12.5. The number of hydrogen-bond donors (Lipinski definition) is 2. The molecule has 118 valence electrons. The van der Waals surface area contributed by atoms with E-state index in [4.69, 9.17) is 4.74 Å². The van der Waals surface area contributed by atoms with Crippen molar-refractivity contribution in [3.63, 3.8) is 0 Å². The first-order valence-corrected chi connectivity index (χ1v) is 7.88. The van der Waals surface area contributed by atoms with Gasteiger partial charge in [0.25, 0.3) is 0 Å². The maximum atomic E-state index is 12.5. The van der Waals surface area contributed by atoms with E-state index in [1.165, 1.54) is 5.56 Å². The number of carboxylic acids is 1. The van der Waals surface area contributed by atoms with Gasteiger partial charge in [-0.2, -0.15) is 0 Å². The molecule has 2 heterocycles. The first kappa shape index (κ1) is 15.0. The van der Waals surface area contributed by atoms with Crippen LogP contribution in [0.5, 0.6) is 0 Å². The minimum Gasteiger partial charge on any atom is -0.481 e. The fraction of sp³-hybridized carbons (Fsp3) is 0.529. The first-order chi connectivity index (χ1) is 10.6. The summed E-state index contributed by atoms with van der Waals surface area (Å²) < 4.78 is 5.63. The zero-order valence-corrected chi connectivity index (χ0v) is 12.6. The highest BCUT2D eigenvalue weighted by Gasteiger charge is 2.55. The van der Waals surface area contributed by atoms with Crippen LogP contribution in [0.25, 0.3) is 0 Å². The number of hydrogen-bond acceptors (Lipinski definition) is 3. The Balaban J connectivity index is 1.69. The number of benzene rings is 1. The van der Waals surface area contributed by atoms with Gasteiger partial charge in [0, 0.05) is 5.69 Å². The Morgan fingerprint density at radius 1 is 1.18 bits per heavy atom. The van der Waals surface area contributed by atoms with Crippen molar-refractivity contribution in [2.45, 2.75) is 44.8 Å². The van der Waals surface area contributed by atoms with E-state index in [0.29, 0.717) is 5.69 Å². The molecule has 2 fully saturated rings. The molecule has 2 aliphatic rings. The van der Waals surface area contributed by atoms with E-state index < -0.39 is 17.8 Å². The van der Waals surface area contributed by atoms with Gasteiger partial charge in [-0.05, 0) is 37.0 Å². The van der Waals surface area contributed by atoms with Crippen LogP contribution in [-0.4, -0.2) is 29.2 Å². The van der Waals surface area contributed by atoms with Gasteiger partial charge >= 0.3 is 5.97 Å². The second kappa shape index (κ2) is 6.08. The Morgan fingerprint density at radius 2 is 1.82 bits per heavy atom. The molecule has 2 saturated heterocycles. The molecule has 3 rings (SSSR count). The zero-order valence-electron chi connectivity index (χ0n) is 12.6. The molecule has 1 aromatic carbocycles. The molecule has 0 unspecified atom stereocenters. The van der Waals surface area contributed by atoms with Crippen molar-refractivity contribution in [1.82, 2.24) is 0 Å². The highest BCUT2D eigenvalue weighted by Crippen LogP contribution is 2.44. The van der Waals surface area contributed by atoms with Crippen LogP contribution in [0.3, 0.4) is 0 Å². The van der Waals surface area contributed by atoms with Crippen LogP contribution in [0.2, 0.25) is 0 Å². The molecule has 0 radical (unpaired) electrons. The number of carbonyl (C=O) groups is 2. The molecule has 1 amide bonds. The van der Waals surface area contributed by atoms with Crippen molar-refractivity contribution in [1.29, 1.82) is 0 Å². The number of anilines is 1. The van der Waals surface area contributed by atoms with Crippen LogP contribution >= 0.6 is 0 Å². The summed E-state index contributed by atoms with van der Waals surface area (Å²) in [5, 5.41) is 12.2. The number of aryl methyl sites for hydroxylation is 1. The minimum absolute atomic E-state index is 0.247. The fourth-order valence-electron chi connectivity index (χ4n) is 3.59. The van der Waals surface area contributed by atoms with Crippen LogP contribution in [0.4, 0.5) is 5.69 Å². The van der Waals surface area contributed by atoms with Crippen molar-refractivity contribution in [3.05, 3.63) is 29.8 Å². The van der Waals surface area contributed by atoms with E-state index in [1.54, 1.807) is 0 Å². The smallest absolute Gasteiger partial charge is 0.310 e. The summed E-state index contributed by atoms with van der Waals surface area (Å²) in [4.78, 5) is 23.9. The van der Waals surface area contributed by atoms with Crippen LogP contribution < -0.4 is 5.32 Å². The van der Waals surface area contributed by atoms with Crippen LogP contribution in [0.15, 0.2) is 24.3 Å². The number of aliphatic carboxylic acids is 1.